The van der Waals surface area contributed by atoms with Gasteiger partial charge in [0.2, 0.25) is 0 Å². The predicted molar refractivity (Wildman–Crippen MR) is 83.6 cm³/mol. The Kier molecular flexibility index (Phi) is 4.36. The molecule has 0 radical (unpaired) electrons. The molecule has 1 aliphatic rings. The van der Waals surface area contributed by atoms with Gasteiger partial charge in [-0.2, -0.15) is 0 Å². The minimum absolute atomic E-state index is 0.200. The molecule has 4 heteroatoms. The number of benzene rings is 1. The molecule has 2 N–H and O–H groups in total. The topological polar surface area (TPSA) is 55.3 Å². The van der Waals surface area contributed by atoms with Gasteiger partial charge in [-0.3, -0.25) is 4.90 Å². The van der Waals surface area contributed by atoms with Crippen molar-refractivity contribution in [3.8, 4) is 11.3 Å². The average molecular weight is 285 g/mol. The maximum atomic E-state index is 6.12. The van der Waals surface area contributed by atoms with Gasteiger partial charge < -0.3 is 10.3 Å². The first-order chi connectivity index (χ1) is 10.2. The van der Waals surface area contributed by atoms with Crippen LogP contribution in [0.2, 0.25) is 0 Å². The van der Waals surface area contributed by atoms with Crippen molar-refractivity contribution < 1.29 is 4.52 Å². The molecule has 2 unspecified atom stereocenters. The van der Waals surface area contributed by atoms with E-state index in [0.717, 1.165) is 30.1 Å². The van der Waals surface area contributed by atoms with Crippen molar-refractivity contribution in [3.05, 3.63) is 42.1 Å². The van der Waals surface area contributed by atoms with E-state index in [0.29, 0.717) is 6.04 Å². The molecule has 21 heavy (non-hydrogen) atoms. The van der Waals surface area contributed by atoms with E-state index in [9.17, 15) is 0 Å². The molecule has 1 fully saturated rings. The molecule has 1 aromatic carbocycles. The Balaban J connectivity index is 1.72. The average Bonchev–Trinajstić information content (AvgIpc) is 2.97. The molecule has 0 amide bonds. The van der Waals surface area contributed by atoms with Crippen molar-refractivity contribution in [1.82, 2.24) is 10.1 Å². The fraction of sp³-hybridized carbons (Fsp3) is 0.471. The Morgan fingerprint density at radius 3 is 2.90 bits per heavy atom. The van der Waals surface area contributed by atoms with Gasteiger partial charge in [-0.05, 0) is 26.3 Å². The Hall–Kier alpha value is -1.65. The van der Waals surface area contributed by atoms with E-state index in [1.54, 1.807) is 0 Å². The molecule has 0 saturated carbocycles. The lowest BCUT2D eigenvalue weighted by Crippen LogP contribution is -2.48. The molecule has 1 aliphatic heterocycles. The molecule has 1 saturated heterocycles. The lowest BCUT2D eigenvalue weighted by atomic mass is 9.97. The summed E-state index contributed by atoms with van der Waals surface area (Å²) in [5, 5.41) is 4.22. The lowest BCUT2D eigenvalue weighted by Gasteiger charge is -2.37. The first-order valence-corrected chi connectivity index (χ1v) is 7.74. The molecule has 1 aromatic heterocycles. The van der Waals surface area contributed by atoms with Crippen LogP contribution in [-0.4, -0.2) is 28.7 Å². The molecule has 2 aromatic rings. The zero-order valence-corrected chi connectivity index (χ0v) is 12.5. The van der Waals surface area contributed by atoms with E-state index < -0.39 is 0 Å². The minimum atomic E-state index is 0.200. The van der Waals surface area contributed by atoms with Crippen LogP contribution in [0.15, 0.2) is 40.9 Å². The number of likely N-dealkylation sites (tertiary alicyclic amines) is 1. The third kappa shape index (κ3) is 3.34. The Bertz CT molecular complexity index is 564. The number of piperidine rings is 1. The summed E-state index contributed by atoms with van der Waals surface area (Å²) in [5.74, 6) is 0.833. The zero-order chi connectivity index (χ0) is 14.7. The second-order valence-electron chi connectivity index (χ2n) is 5.94. The summed E-state index contributed by atoms with van der Waals surface area (Å²) in [4.78, 5) is 2.45. The highest BCUT2D eigenvalue weighted by atomic mass is 16.5. The normalized spacial score (nSPS) is 21.3. The third-order valence-electron chi connectivity index (χ3n) is 4.25. The number of rotatable bonds is 4. The molecular weight excluding hydrogens is 262 g/mol. The second-order valence-corrected chi connectivity index (χ2v) is 5.94. The number of hydrogen-bond acceptors (Lipinski definition) is 4. The summed E-state index contributed by atoms with van der Waals surface area (Å²) >= 11 is 0. The van der Waals surface area contributed by atoms with E-state index in [1.165, 1.54) is 19.3 Å². The van der Waals surface area contributed by atoms with E-state index in [-0.39, 0.29) is 6.04 Å². The van der Waals surface area contributed by atoms with Gasteiger partial charge in [-0.1, -0.05) is 41.9 Å². The molecule has 0 spiro atoms. The summed E-state index contributed by atoms with van der Waals surface area (Å²) in [7, 11) is 0. The number of nitrogens with two attached hydrogens (primary N) is 1. The molecule has 112 valence electrons. The van der Waals surface area contributed by atoms with Gasteiger partial charge in [0.25, 0.3) is 0 Å². The molecule has 0 aliphatic carbocycles. The number of nitrogens with zero attached hydrogens (tertiary/aromatic N) is 2. The summed E-state index contributed by atoms with van der Waals surface area (Å²) in [6.45, 7) is 4.02. The Labute approximate surface area is 125 Å². The highest BCUT2D eigenvalue weighted by Crippen LogP contribution is 2.24. The molecule has 0 bridgehead atoms. The first kappa shape index (κ1) is 14.3. The third-order valence-corrected chi connectivity index (χ3v) is 4.25. The summed E-state index contributed by atoms with van der Waals surface area (Å²) in [6.07, 6.45) is 3.70. The van der Waals surface area contributed by atoms with Gasteiger partial charge in [0.05, 0.1) is 5.69 Å². The van der Waals surface area contributed by atoms with Crippen molar-refractivity contribution in [2.45, 2.75) is 44.8 Å². The Morgan fingerprint density at radius 1 is 1.33 bits per heavy atom. The minimum Gasteiger partial charge on any atom is -0.356 e. The smallest absolute Gasteiger partial charge is 0.167 e. The zero-order valence-electron chi connectivity index (χ0n) is 12.5. The Morgan fingerprint density at radius 2 is 2.14 bits per heavy atom. The van der Waals surface area contributed by atoms with Gasteiger partial charge in [0.1, 0.15) is 0 Å². The van der Waals surface area contributed by atoms with Crippen LogP contribution in [0.5, 0.6) is 0 Å². The fourth-order valence-electron chi connectivity index (χ4n) is 3.14. The van der Waals surface area contributed by atoms with E-state index in [2.05, 4.69) is 17.0 Å². The largest absolute Gasteiger partial charge is 0.356 e. The van der Waals surface area contributed by atoms with Crippen molar-refractivity contribution in [2.24, 2.45) is 5.73 Å². The summed E-state index contributed by atoms with van der Waals surface area (Å²) in [5.41, 5.74) is 8.18. The van der Waals surface area contributed by atoms with Crippen molar-refractivity contribution >= 4 is 0 Å². The van der Waals surface area contributed by atoms with Gasteiger partial charge in [-0.25, -0.2) is 0 Å². The van der Waals surface area contributed by atoms with Gasteiger partial charge in [0.15, 0.2) is 5.76 Å². The van der Waals surface area contributed by atoms with Crippen molar-refractivity contribution in [2.75, 3.05) is 6.54 Å². The predicted octanol–water partition coefficient (Wildman–Crippen LogP) is 3.04. The van der Waals surface area contributed by atoms with Gasteiger partial charge >= 0.3 is 0 Å². The van der Waals surface area contributed by atoms with Crippen LogP contribution in [-0.2, 0) is 6.54 Å². The monoisotopic (exact) mass is 285 g/mol. The second kappa shape index (κ2) is 6.41. The van der Waals surface area contributed by atoms with Crippen molar-refractivity contribution in [3.63, 3.8) is 0 Å². The maximum Gasteiger partial charge on any atom is 0.167 e. The summed E-state index contributed by atoms with van der Waals surface area (Å²) < 4.78 is 5.48. The van der Waals surface area contributed by atoms with Gasteiger partial charge in [-0.15, -0.1) is 0 Å². The van der Waals surface area contributed by atoms with E-state index in [4.69, 9.17) is 10.3 Å². The van der Waals surface area contributed by atoms with Crippen molar-refractivity contribution in [1.29, 1.82) is 0 Å². The number of aromatic nitrogens is 1. The van der Waals surface area contributed by atoms with Crippen LogP contribution < -0.4 is 5.73 Å². The maximum absolute atomic E-state index is 6.12. The highest BCUT2D eigenvalue weighted by Gasteiger charge is 2.26. The molecular formula is C17H23N3O. The van der Waals surface area contributed by atoms with Crippen LogP contribution in [0.25, 0.3) is 11.3 Å². The number of hydrogen-bond donors (Lipinski definition) is 1. The molecule has 3 rings (SSSR count). The lowest BCUT2D eigenvalue weighted by molar-refractivity contribution is 0.120. The van der Waals surface area contributed by atoms with E-state index in [1.807, 2.05) is 36.4 Å². The van der Waals surface area contributed by atoms with Crippen LogP contribution in [0.4, 0.5) is 0 Å². The standard InChI is InChI=1S/C17H23N3O/c1-13(18)16-9-5-6-10-20(16)12-15-11-17(21-19-15)14-7-3-2-4-8-14/h2-4,7-8,11,13,16H,5-6,9-10,12,18H2,1H3. The highest BCUT2D eigenvalue weighted by molar-refractivity contribution is 5.56. The SMILES string of the molecule is CC(N)C1CCCCN1Cc1cc(-c2ccccc2)on1. The van der Waals surface area contributed by atoms with Crippen LogP contribution in [0.1, 0.15) is 31.9 Å². The fourth-order valence-corrected chi connectivity index (χ4v) is 3.14. The van der Waals surface area contributed by atoms with E-state index >= 15 is 0 Å². The molecule has 2 heterocycles. The van der Waals surface area contributed by atoms with Crippen LogP contribution in [0, 0.1) is 0 Å². The van der Waals surface area contributed by atoms with Crippen LogP contribution in [0.3, 0.4) is 0 Å². The molecule has 4 nitrogen and oxygen atoms in total. The van der Waals surface area contributed by atoms with Crippen LogP contribution >= 0.6 is 0 Å². The van der Waals surface area contributed by atoms with Gasteiger partial charge in [0, 0.05) is 30.3 Å². The summed E-state index contributed by atoms with van der Waals surface area (Å²) in [6, 6.07) is 12.8. The molecule has 2 atom stereocenters. The quantitative estimate of drug-likeness (QED) is 0.938. The first-order valence-electron chi connectivity index (χ1n) is 7.74.